The highest BCUT2D eigenvalue weighted by Gasteiger charge is 2.48. The summed E-state index contributed by atoms with van der Waals surface area (Å²) in [5.41, 5.74) is 2.83. The van der Waals surface area contributed by atoms with Crippen molar-refractivity contribution in [2.45, 2.75) is 64.2 Å². The van der Waals surface area contributed by atoms with E-state index in [1.807, 2.05) is 0 Å². The van der Waals surface area contributed by atoms with Crippen LogP contribution in [0.4, 0.5) is 0 Å². The molecule has 2 nitrogen and oxygen atoms in total. The molecule has 4 aliphatic rings. The molecule has 108 valence electrons. The van der Waals surface area contributed by atoms with Crippen molar-refractivity contribution in [1.29, 1.82) is 0 Å². The lowest BCUT2D eigenvalue weighted by molar-refractivity contribution is -0.129. The van der Waals surface area contributed by atoms with Gasteiger partial charge in [-0.3, -0.25) is 9.59 Å². The van der Waals surface area contributed by atoms with Crippen molar-refractivity contribution >= 4 is 11.6 Å². The number of allylic oxidation sites excluding steroid dienone is 2. The fourth-order valence-electron chi connectivity index (χ4n) is 5.26. The molecule has 0 aromatic carbocycles. The SMILES string of the molecule is O=C1[C@H]2CC[C@@H](C2)C(=O)[C@H]2C[C@H]1C1=C2CCCCCC1. The topological polar surface area (TPSA) is 34.1 Å². The third-order valence-electron chi connectivity index (χ3n) is 6.29. The summed E-state index contributed by atoms with van der Waals surface area (Å²) in [5.74, 6) is 1.65. The first kappa shape index (κ1) is 12.8. The smallest absolute Gasteiger partial charge is 0.143 e. The molecule has 2 saturated carbocycles. The van der Waals surface area contributed by atoms with Gasteiger partial charge in [0.25, 0.3) is 0 Å². The molecule has 0 aliphatic heterocycles. The standard InChI is InChI=1S/C18H24O2/c19-17-11-7-8-12(9-11)18(20)16-10-15(17)13-5-3-1-2-4-6-14(13)16/h11-12,15-16H,1-10H2/t11-,12-,15-,16-/m0/s1. The van der Waals surface area contributed by atoms with Gasteiger partial charge in [0, 0.05) is 23.7 Å². The fraction of sp³-hybridized carbons (Fsp3) is 0.778. The molecular formula is C18H24O2. The van der Waals surface area contributed by atoms with Gasteiger partial charge in [0.05, 0.1) is 0 Å². The van der Waals surface area contributed by atoms with Crippen molar-refractivity contribution in [3.63, 3.8) is 0 Å². The summed E-state index contributed by atoms with van der Waals surface area (Å²) in [5, 5.41) is 0. The number of hydrogen-bond acceptors (Lipinski definition) is 2. The minimum absolute atomic E-state index is 0.126. The fourth-order valence-corrected chi connectivity index (χ4v) is 5.26. The maximum absolute atomic E-state index is 12.8. The second kappa shape index (κ2) is 4.82. The Hall–Kier alpha value is -0.920. The first-order chi connectivity index (χ1) is 9.75. The number of ketones is 2. The van der Waals surface area contributed by atoms with Crippen LogP contribution in [0.3, 0.4) is 0 Å². The summed E-state index contributed by atoms with van der Waals surface area (Å²) < 4.78 is 0. The van der Waals surface area contributed by atoms with Crippen LogP contribution < -0.4 is 0 Å². The van der Waals surface area contributed by atoms with Crippen molar-refractivity contribution < 1.29 is 9.59 Å². The van der Waals surface area contributed by atoms with Gasteiger partial charge in [0.1, 0.15) is 11.6 Å². The third-order valence-corrected chi connectivity index (χ3v) is 6.29. The Bertz CT molecular complexity index is 446. The Labute approximate surface area is 121 Å². The van der Waals surface area contributed by atoms with Gasteiger partial charge in [-0.2, -0.15) is 0 Å². The van der Waals surface area contributed by atoms with Crippen LogP contribution in [-0.4, -0.2) is 11.6 Å². The molecule has 20 heavy (non-hydrogen) atoms. The molecule has 0 unspecified atom stereocenters. The van der Waals surface area contributed by atoms with Crippen molar-refractivity contribution in [2.24, 2.45) is 23.7 Å². The first-order valence-corrected chi connectivity index (χ1v) is 8.55. The molecule has 0 radical (unpaired) electrons. The minimum Gasteiger partial charge on any atom is -0.299 e. The number of rotatable bonds is 0. The number of fused-ring (bicyclic) bond motifs is 6. The van der Waals surface area contributed by atoms with E-state index in [4.69, 9.17) is 0 Å². The average Bonchev–Trinajstić information content (AvgIpc) is 3.02. The zero-order valence-corrected chi connectivity index (χ0v) is 12.2. The van der Waals surface area contributed by atoms with E-state index in [9.17, 15) is 9.59 Å². The van der Waals surface area contributed by atoms with E-state index in [1.165, 1.54) is 36.8 Å². The Kier molecular flexibility index (Phi) is 3.08. The van der Waals surface area contributed by atoms with E-state index in [0.717, 1.165) is 38.5 Å². The zero-order chi connectivity index (χ0) is 13.7. The first-order valence-electron chi connectivity index (χ1n) is 8.55. The van der Waals surface area contributed by atoms with Crippen molar-refractivity contribution in [3.05, 3.63) is 11.1 Å². The van der Waals surface area contributed by atoms with E-state index in [-0.39, 0.29) is 23.7 Å². The highest BCUT2D eigenvalue weighted by molar-refractivity contribution is 5.95. The predicted molar refractivity (Wildman–Crippen MR) is 77.2 cm³/mol. The van der Waals surface area contributed by atoms with Gasteiger partial charge in [-0.25, -0.2) is 0 Å². The van der Waals surface area contributed by atoms with Gasteiger partial charge in [-0.15, -0.1) is 0 Å². The van der Waals surface area contributed by atoms with Gasteiger partial charge in [-0.05, 0) is 51.4 Å². The highest BCUT2D eigenvalue weighted by atomic mass is 16.1. The van der Waals surface area contributed by atoms with E-state index < -0.39 is 0 Å². The normalized spacial score (nSPS) is 41.0. The number of hydrogen-bond donors (Lipinski definition) is 0. The van der Waals surface area contributed by atoms with Crippen LogP contribution in [-0.2, 0) is 9.59 Å². The lowest BCUT2D eigenvalue weighted by atomic mass is 9.80. The molecule has 2 fully saturated rings. The Morgan fingerprint density at radius 3 is 1.65 bits per heavy atom. The molecule has 0 saturated heterocycles. The Morgan fingerprint density at radius 1 is 0.650 bits per heavy atom. The summed E-state index contributed by atoms with van der Waals surface area (Å²) in [6.07, 6.45) is 10.9. The van der Waals surface area contributed by atoms with E-state index in [1.54, 1.807) is 0 Å². The van der Waals surface area contributed by atoms with E-state index in [2.05, 4.69) is 0 Å². The van der Waals surface area contributed by atoms with Crippen LogP contribution in [0.2, 0.25) is 0 Å². The lowest BCUT2D eigenvalue weighted by Gasteiger charge is -2.22. The van der Waals surface area contributed by atoms with E-state index >= 15 is 0 Å². The van der Waals surface area contributed by atoms with Crippen LogP contribution >= 0.6 is 0 Å². The summed E-state index contributed by atoms with van der Waals surface area (Å²) in [7, 11) is 0. The van der Waals surface area contributed by atoms with Crippen molar-refractivity contribution in [1.82, 2.24) is 0 Å². The molecule has 0 aromatic rings. The summed E-state index contributed by atoms with van der Waals surface area (Å²) in [6.45, 7) is 0. The quantitative estimate of drug-likeness (QED) is 0.628. The summed E-state index contributed by atoms with van der Waals surface area (Å²) in [4.78, 5) is 25.7. The molecule has 0 aromatic heterocycles. The highest BCUT2D eigenvalue weighted by Crippen LogP contribution is 2.50. The third kappa shape index (κ3) is 1.83. The van der Waals surface area contributed by atoms with Gasteiger partial charge in [-0.1, -0.05) is 24.0 Å². The Morgan fingerprint density at radius 2 is 1.15 bits per heavy atom. The van der Waals surface area contributed by atoms with Crippen LogP contribution in [0.1, 0.15) is 64.2 Å². The van der Waals surface area contributed by atoms with Gasteiger partial charge in [0.15, 0.2) is 0 Å². The lowest BCUT2D eigenvalue weighted by Crippen LogP contribution is -2.29. The van der Waals surface area contributed by atoms with Crippen LogP contribution in [0.5, 0.6) is 0 Å². The number of carbonyl (C=O) groups excluding carboxylic acids is 2. The maximum atomic E-state index is 12.8. The summed E-state index contributed by atoms with van der Waals surface area (Å²) in [6, 6.07) is 0. The van der Waals surface area contributed by atoms with Gasteiger partial charge in [0.2, 0.25) is 0 Å². The van der Waals surface area contributed by atoms with Gasteiger partial charge < -0.3 is 0 Å². The Balaban J connectivity index is 1.76. The zero-order valence-electron chi connectivity index (χ0n) is 12.2. The van der Waals surface area contributed by atoms with Crippen molar-refractivity contribution in [3.8, 4) is 0 Å². The van der Waals surface area contributed by atoms with Crippen molar-refractivity contribution in [2.75, 3.05) is 0 Å². The molecular weight excluding hydrogens is 248 g/mol. The molecule has 4 bridgehead atoms. The van der Waals surface area contributed by atoms with Crippen LogP contribution in [0.15, 0.2) is 11.1 Å². The number of Topliss-reactive ketones (excluding diaryl/α,β-unsaturated/α-hetero) is 2. The molecule has 4 aliphatic carbocycles. The van der Waals surface area contributed by atoms with Crippen LogP contribution in [0, 0.1) is 23.7 Å². The molecule has 2 heteroatoms. The molecule has 0 spiro atoms. The predicted octanol–water partition coefficient (Wildman–Crippen LogP) is 3.84. The average molecular weight is 272 g/mol. The van der Waals surface area contributed by atoms with E-state index in [0.29, 0.717) is 11.6 Å². The van der Waals surface area contributed by atoms with Gasteiger partial charge >= 0.3 is 0 Å². The monoisotopic (exact) mass is 272 g/mol. The van der Waals surface area contributed by atoms with Crippen LogP contribution in [0.25, 0.3) is 0 Å². The minimum atomic E-state index is 0.126. The molecule has 0 N–H and O–H groups in total. The summed E-state index contributed by atoms with van der Waals surface area (Å²) >= 11 is 0. The number of carbonyl (C=O) groups is 2. The molecule has 0 amide bonds. The largest absolute Gasteiger partial charge is 0.299 e. The second-order valence-corrected chi connectivity index (χ2v) is 7.32. The second-order valence-electron chi connectivity index (χ2n) is 7.32. The molecule has 4 rings (SSSR count). The molecule has 0 heterocycles. The molecule has 4 atom stereocenters. The maximum Gasteiger partial charge on any atom is 0.143 e.